The number of halogens is 1. The zero-order valence-electron chi connectivity index (χ0n) is 14.3. The molecule has 0 aliphatic rings. The van der Waals surface area contributed by atoms with Crippen molar-refractivity contribution < 1.29 is 19.1 Å². The Kier molecular flexibility index (Phi) is 4.16. The molecule has 0 unspecified atom stereocenters. The Bertz CT molecular complexity index is 1210. The maximum Gasteiger partial charge on any atom is 0.345 e. The summed E-state index contributed by atoms with van der Waals surface area (Å²) in [4.78, 5) is 27.0. The number of hydrogen-bond donors (Lipinski definition) is 3. The Labute approximate surface area is 157 Å². The number of nitrogens with one attached hydrogen (secondary N) is 2. The van der Waals surface area contributed by atoms with Gasteiger partial charge in [0.2, 0.25) is 5.91 Å². The topological polar surface area (TPSA) is 82.2 Å². The van der Waals surface area contributed by atoms with Gasteiger partial charge in [0, 0.05) is 27.0 Å². The van der Waals surface area contributed by atoms with Gasteiger partial charge < -0.3 is 15.4 Å². The average molecular weight is 382 g/mol. The van der Waals surface area contributed by atoms with E-state index in [2.05, 4.69) is 10.3 Å². The van der Waals surface area contributed by atoms with E-state index in [1.807, 2.05) is 6.92 Å². The number of carbonyl (C=O) groups is 2. The first-order valence-electron chi connectivity index (χ1n) is 8.24. The molecule has 2 heterocycles. The summed E-state index contributed by atoms with van der Waals surface area (Å²) in [5.41, 5.74) is 2.96. The highest BCUT2D eigenvalue weighted by molar-refractivity contribution is 7.20. The van der Waals surface area contributed by atoms with Crippen molar-refractivity contribution >= 4 is 49.9 Å². The highest BCUT2D eigenvalue weighted by Gasteiger charge is 2.14. The lowest BCUT2D eigenvalue weighted by atomic mass is 10.1. The van der Waals surface area contributed by atoms with Gasteiger partial charge in [-0.25, -0.2) is 9.18 Å². The van der Waals surface area contributed by atoms with E-state index in [1.165, 1.54) is 23.5 Å². The highest BCUT2D eigenvalue weighted by atomic mass is 32.1. The van der Waals surface area contributed by atoms with Crippen molar-refractivity contribution in [3.63, 3.8) is 0 Å². The molecule has 27 heavy (non-hydrogen) atoms. The number of aromatic carboxylic acids is 1. The molecule has 0 saturated heterocycles. The second-order valence-corrected chi connectivity index (χ2v) is 7.40. The highest BCUT2D eigenvalue weighted by Crippen LogP contribution is 2.29. The predicted octanol–water partition coefficient (Wildman–Crippen LogP) is 4.71. The Hall–Kier alpha value is -3.19. The number of H-pyrrole nitrogens is 1. The van der Waals surface area contributed by atoms with Crippen molar-refractivity contribution in [2.45, 2.75) is 13.3 Å². The number of thiophene rings is 1. The third-order valence-corrected chi connectivity index (χ3v) is 5.53. The number of aryl methyl sites for hydroxylation is 1. The van der Waals surface area contributed by atoms with Crippen molar-refractivity contribution in [3.8, 4) is 0 Å². The van der Waals surface area contributed by atoms with E-state index in [-0.39, 0.29) is 23.0 Å². The van der Waals surface area contributed by atoms with E-state index in [0.29, 0.717) is 11.1 Å². The number of aromatic amines is 1. The number of carbonyl (C=O) groups excluding carboxylic acids is 1. The minimum absolute atomic E-state index is 0.108. The van der Waals surface area contributed by atoms with Crippen LogP contribution in [0.2, 0.25) is 0 Å². The number of benzene rings is 2. The van der Waals surface area contributed by atoms with E-state index in [1.54, 1.807) is 30.3 Å². The molecule has 0 atom stereocenters. The fourth-order valence-corrected chi connectivity index (χ4v) is 4.06. The van der Waals surface area contributed by atoms with Crippen molar-refractivity contribution in [3.05, 3.63) is 64.4 Å². The Morgan fingerprint density at radius 3 is 2.78 bits per heavy atom. The molecule has 0 spiro atoms. The van der Waals surface area contributed by atoms with E-state index in [0.717, 1.165) is 26.9 Å². The molecule has 0 fully saturated rings. The van der Waals surface area contributed by atoms with Gasteiger partial charge in [0.05, 0.1) is 6.42 Å². The molecule has 5 nitrogen and oxygen atoms in total. The number of fused-ring (bicyclic) bond motifs is 2. The quantitative estimate of drug-likeness (QED) is 0.478. The van der Waals surface area contributed by atoms with Crippen LogP contribution in [0.15, 0.2) is 42.5 Å². The lowest BCUT2D eigenvalue weighted by Crippen LogP contribution is -2.14. The first-order valence-corrected chi connectivity index (χ1v) is 9.06. The monoisotopic (exact) mass is 382 g/mol. The van der Waals surface area contributed by atoms with Crippen molar-refractivity contribution in [2.24, 2.45) is 0 Å². The lowest BCUT2D eigenvalue weighted by molar-refractivity contribution is -0.115. The number of rotatable bonds is 4. The fraction of sp³-hybridized carbons (Fsp3) is 0.100. The molecule has 2 aromatic carbocycles. The summed E-state index contributed by atoms with van der Waals surface area (Å²) in [7, 11) is 0. The lowest BCUT2D eigenvalue weighted by Gasteiger charge is -2.06. The summed E-state index contributed by atoms with van der Waals surface area (Å²) in [5, 5.41) is 13.4. The molecule has 3 N–H and O–H groups in total. The molecule has 2 aromatic heterocycles. The van der Waals surface area contributed by atoms with Crippen LogP contribution in [0.25, 0.3) is 21.0 Å². The number of hydrogen-bond acceptors (Lipinski definition) is 3. The van der Waals surface area contributed by atoms with Crippen molar-refractivity contribution in [2.75, 3.05) is 5.32 Å². The largest absolute Gasteiger partial charge is 0.477 e. The molecular formula is C20H15FN2O3S. The van der Waals surface area contributed by atoms with Crippen LogP contribution in [0, 0.1) is 12.7 Å². The molecule has 7 heteroatoms. The van der Waals surface area contributed by atoms with Gasteiger partial charge in [-0.2, -0.15) is 0 Å². The van der Waals surface area contributed by atoms with Gasteiger partial charge in [0.15, 0.2) is 0 Å². The van der Waals surface area contributed by atoms with Gasteiger partial charge in [-0.3, -0.25) is 4.79 Å². The minimum atomic E-state index is -0.969. The number of amides is 1. The first-order chi connectivity index (χ1) is 12.9. The second-order valence-electron chi connectivity index (χ2n) is 6.31. The SMILES string of the molecule is Cc1[nH]c2ccc(F)cc2c1CC(=O)Nc1ccc2sc(C(=O)O)cc2c1. The molecule has 0 aliphatic carbocycles. The third kappa shape index (κ3) is 3.29. The molecule has 0 radical (unpaired) electrons. The molecule has 136 valence electrons. The maximum absolute atomic E-state index is 13.6. The predicted molar refractivity (Wildman–Crippen MR) is 104 cm³/mol. The van der Waals surface area contributed by atoms with Crippen LogP contribution in [-0.4, -0.2) is 22.0 Å². The molecule has 4 aromatic rings. The maximum atomic E-state index is 13.6. The van der Waals surface area contributed by atoms with E-state index in [4.69, 9.17) is 5.11 Å². The molecule has 0 saturated carbocycles. The standard InChI is InChI=1S/C20H15FN2O3S/c1-10-14(15-8-12(21)2-4-16(15)22-10)9-19(24)23-13-3-5-17-11(6-13)7-18(27-17)20(25)26/h2-8,22H,9H2,1H3,(H,23,24)(H,25,26). The third-order valence-electron chi connectivity index (χ3n) is 4.43. The van der Waals surface area contributed by atoms with Crippen LogP contribution in [-0.2, 0) is 11.2 Å². The molecule has 1 amide bonds. The van der Waals surface area contributed by atoms with Gasteiger partial charge in [0.25, 0.3) is 0 Å². The van der Waals surface area contributed by atoms with Crippen LogP contribution < -0.4 is 5.32 Å². The number of carboxylic acid groups (broad SMARTS) is 1. The zero-order chi connectivity index (χ0) is 19.1. The smallest absolute Gasteiger partial charge is 0.345 e. The number of anilines is 1. The van der Waals surface area contributed by atoms with Gasteiger partial charge in [-0.15, -0.1) is 11.3 Å². The average Bonchev–Trinajstić information content (AvgIpc) is 3.16. The van der Waals surface area contributed by atoms with E-state index < -0.39 is 5.97 Å². The van der Waals surface area contributed by atoms with Gasteiger partial charge in [0.1, 0.15) is 10.7 Å². The summed E-state index contributed by atoms with van der Waals surface area (Å²) < 4.78 is 14.4. The van der Waals surface area contributed by atoms with Gasteiger partial charge in [-0.05, 0) is 60.3 Å². The van der Waals surface area contributed by atoms with Crippen molar-refractivity contribution in [1.82, 2.24) is 4.98 Å². The van der Waals surface area contributed by atoms with Gasteiger partial charge >= 0.3 is 5.97 Å². The number of aromatic nitrogens is 1. The van der Waals surface area contributed by atoms with Crippen LogP contribution in [0.1, 0.15) is 20.9 Å². The molecule has 0 bridgehead atoms. The normalized spacial score (nSPS) is 11.2. The summed E-state index contributed by atoms with van der Waals surface area (Å²) in [6.45, 7) is 1.85. The van der Waals surface area contributed by atoms with Crippen molar-refractivity contribution in [1.29, 1.82) is 0 Å². The molecule has 0 aliphatic heterocycles. The van der Waals surface area contributed by atoms with Crippen LogP contribution in [0.3, 0.4) is 0 Å². The molecular weight excluding hydrogens is 367 g/mol. The first kappa shape index (κ1) is 17.2. The summed E-state index contributed by atoms with van der Waals surface area (Å²) in [5.74, 6) is -1.54. The minimum Gasteiger partial charge on any atom is -0.477 e. The zero-order valence-corrected chi connectivity index (χ0v) is 15.1. The second kappa shape index (κ2) is 6.51. The Morgan fingerprint density at radius 2 is 2.00 bits per heavy atom. The van der Waals surface area contributed by atoms with Gasteiger partial charge in [-0.1, -0.05) is 0 Å². The van der Waals surface area contributed by atoms with Crippen LogP contribution >= 0.6 is 11.3 Å². The summed E-state index contributed by atoms with van der Waals surface area (Å²) >= 11 is 1.19. The van der Waals surface area contributed by atoms with Crippen LogP contribution in [0.5, 0.6) is 0 Å². The Morgan fingerprint density at radius 1 is 1.19 bits per heavy atom. The van der Waals surface area contributed by atoms with Crippen LogP contribution in [0.4, 0.5) is 10.1 Å². The summed E-state index contributed by atoms with van der Waals surface area (Å²) in [6, 6.07) is 11.3. The summed E-state index contributed by atoms with van der Waals surface area (Å²) in [6.07, 6.45) is 0.108. The fourth-order valence-electron chi connectivity index (χ4n) is 3.17. The van der Waals surface area contributed by atoms with E-state index in [9.17, 15) is 14.0 Å². The van der Waals surface area contributed by atoms with E-state index >= 15 is 0 Å². The molecule has 4 rings (SSSR count). The Balaban J connectivity index is 1.58. The number of carboxylic acids is 1.